The van der Waals surface area contributed by atoms with Crippen molar-refractivity contribution in [2.75, 3.05) is 12.1 Å². The molecule has 0 saturated carbocycles. The third-order valence-corrected chi connectivity index (χ3v) is 1.99. The quantitative estimate of drug-likeness (QED) is 0.459. The number of ether oxygens (including phenoxy) is 1. The predicted molar refractivity (Wildman–Crippen MR) is 55.9 cm³/mol. The Morgan fingerprint density at radius 3 is 2.80 bits per heavy atom. The molecule has 0 unspecified atom stereocenters. The molecule has 0 aliphatic carbocycles. The first-order chi connectivity index (χ1) is 7.29. The van der Waals surface area contributed by atoms with Crippen molar-refractivity contribution in [3.63, 3.8) is 0 Å². The summed E-state index contributed by atoms with van der Waals surface area (Å²) in [5.41, 5.74) is 2.25. The Balaban J connectivity index is 2.64. The number of rotatable bonds is 5. The summed E-state index contributed by atoms with van der Waals surface area (Å²) in [4.78, 5) is 11.5. The van der Waals surface area contributed by atoms with Crippen LogP contribution < -0.4 is 5.48 Å². The fraction of sp³-hybridized carbons (Fsp3) is 0.364. The van der Waals surface area contributed by atoms with Gasteiger partial charge in [0.15, 0.2) is 0 Å². The van der Waals surface area contributed by atoms with Gasteiger partial charge in [0, 0.05) is 0 Å². The largest absolute Gasteiger partial charge is 0.462 e. The third-order valence-electron chi connectivity index (χ3n) is 1.99. The number of hydrogen-bond acceptors (Lipinski definition) is 3. The molecule has 0 fully saturated rings. The normalized spacial score (nSPS) is 9.73. The maximum Gasteiger partial charge on any atom is 0.340 e. The first-order valence-electron chi connectivity index (χ1n) is 4.94. The summed E-state index contributed by atoms with van der Waals surface area (Å²) in [6.45, 7) is 2.41. The number of benzene rings is 1. The first-order valence-corrected chi connectivity index (χ1v) is 4.94. The van der Waals surface area contributed by atoms with Crippen molar-refractivity contribution in [2.45, 2.75) is 19.8 Å². The van der Waals surface area contributed by atoms with Gasteiger partial charge in [-0.1, -0.05) is 30.7 Å². The van der Waals surface area contributed by atoms with Gasteiger partial charge in [0.25, 0.3) is 0 Å². The predicted octanol–water partition coefficient (Wildman–Crippen LogP) is 2.40. The van der Waals surface area contributed by atoms with Crippen LogP contribution in [-0.2, 0) is 9.94 Å². The molecule has 1 rings (SSSR count). The molecular formula is C11H14NO3. The van der Waals surface area contributed by atoms with Crippen molar-refractivity contribution in [1.29, 1.82) is 0 Å². The van der Waals surface area contributed by atoms with Gasteiger partial charge in [-0.2, -0.15) is 0 Å². The van der Waals surface area contributed by atoms with Crippen LogP contribution in [0.4, 0.5) is 5.69 Å². The monoisotopic (exact) mass is 208 g/mol. The van der Waals surface area contributed by atoms with E-state index in [0.29, 0.717) is 6.61 Å². The summed E-state index contributed by atoms with van der Waals surface area (Å²) in [6.07, 6.45) is 1.80. The average Bonchev–Trinajstić information content (AvgIpc) is 2.29. The van der Waals surface area contributed by atoms with E-state index < -0.39 is 5.97 Å². The smallest absolute Gasteiger partial charge is 0.340 e. The second-order valence-electron chi connectivity index (χ2n) is 3.14. The fourth-order valence-electron chi connectivity index (χ4n) is 1.14. The number of esters is 1. The lowest BCUT2D eigenvalue weighted by Crippen LogP contribution is -2.08. The molecular weight excluding hydrogens is 194 g/mol. The van der Waals surface area contributed by atoms with Crippen LogP contribution in [0, 0.1) is 0 Å². The lowest BCUT2D eigenvalue weighted by atomic mass is 10.2. The van der Waals surface area contributed by atoms with Crippen LogP contribution in [0.1, 0.15) is 30.1 Å². The minimum atomic E-state index is -0.456. The zero-order valence-corrected chi connectivity index (χ0v) is 8.66. The standard InChI is InChI=1S/C11H14NO3/c1-2-3-8-15-11(13)9-6-4-5-7-10(9)12-14/h4-7,12H,2-3,8H2,1H3. The highest BCUT2D eigenvalue weighted by Gasteiger charge is 2.11. The molecule has 0 heterocycles. The molecule has 0 aliphatic heterocycles. The third kappa shape index (κ3) is 3.25. The molecule has 15 heavy (non-hydrogen) atoms. The van der Waals surface area contributed by atoms with E-state index in [4.69, 9.17) is 4.74 Å². The molecule has 0 amide bonds. The van der Waals surface area contributed by atoms with Crippen molar-refractivity contribution >= 4 is 11.7 Å². The van der Waals surface area contributed by atoms with E-state index in [1.165, 1.54) is 0 Å². The molecule has 1 aromatic rings. The van der Waals surface area contributed by atoms with Gasteiger partial charge in [-0.25, -0.2) is 10.3 Å². The van der Waals surface area contributed by atoms with Gasteiger partial charge < -0.3 is 4.74 Å². The molecule has 0 bridgehead atoms. The SMILES string of the molecule is CCCCOC(=O)c1ccccc1N[O]. The molecule has 1 radical (unpaired) electrons. The summed E-state index contributed by atoms with van der Waals surface area (Å²) in [5, 5.41) is 10.5. The van der Waals surface area contributed by atoms with Crippen LogP contribution in [0.2, 0.25) is 0 Å². The van der Waals surface area contributed by atoms with Crippen LogP contribution in [0.25, 0.3) is 0 Å². The van der Waals surface area contributed by atoms with Gasteiger partial charge in [0.05, 0.1) is 17.9 Å². The van der Waals surface area contributed by atoms with Crippen molar-refractivity contribution < 1.29 is 14.7 Å². The van der Waals surface area contributed by atoms with E-state index in [1.807, 2.05) is 6.92 Å². The number of carbonyl (C=O) groups is 1. The number of hydrogen-bond donors (Lipinski definition) is 1. The number of para-hydroxylation sites is 1. The highest BCUT2D eigenvalue weighted by atomic mass is 16.5. The van der Waals surface area contributed by atoms with E-state index in [2.05, 4.69) is 0 Å². The van der Waals surface area contributed by atoms with Crippen LogP contribution in [0.5, 0.6) is 0 Å². The van der Waals surface area contributed by atoms with Gasteiger partial charge in [-0.05, 0) is 18.6 Å². The number of anilines is 1. The van der Waals surface area contributed by atoms with E-state index >= 15 is 0 Å². The van der Waals surface area contributed by atoms with Gasteiger partial charge in [0.1, 0.15) is 0 Å². The lowest BCUT2D eigenvalue weighted by molar-refractivity contribution is 0.0499. The van der Waals surface area contributed by atoms with E-state index in [1.54, 1.807) is 29.7 Å². The lowest BCUT2D eigenvalue weighted by Gasteiger charge is -2.06. The Morgan fingerprint density at radius 2 is 2.13 bits per heavy atom. The summed E-state index contributed by atoms with van der Waals surface area (Å²) in [6, 6.07) is 6.48. The molecule has 0 spiro atoms. The Morgan fingerprint density at radius 1 is 1.40 bits per heavy atom. The van der Waals surface area contributed by atoms with E-state index in [9.17, 15) is 10.0 Å². The van der Waals surface area contributed by atoms with Gasteiger partial charge >= 0.3 is 5.97 Å². The molecule has 1 aromatic carbocycles. The number of nitrogens with one attached hydrogen (secondary N) is 1. The van der Waals surface area contributed by atoms with Crippen molar-refractivity contribution in [3.05, 3.63) is 29.8 Å². The molecule has 1 N–H and O–H groups in total. The Labute approximate surface area is 88.8 Å². The van der Waals surface area contributed by atoms with Crippen molar-refractivity contribution in [1.82, 2.24) is 0 Å². The number of carbonyl (C=O) groups excluding carboxylic acids is 1. The fourth-order valence-corrected chi connectivity index (χ4v) is 1.14. The average molecular weight is 208 g/mol. The van der Waals surface area contributed by atoms with E-state index in [0.717, 1.165) is 12.8 Å². The molecule has 0 atom stereocenters. The number of unbranched alkanes of at least 4 members (excludes halogenated alkanes) is 1. The Bertz CT molecular complexity index is 325. The highest BCUT2D eigenvalue weighted by molar-refractivity contribution is 5.95. The van der Waals surface area contributed by atoms with E-state index in [-0.39, 0.29) is 11.3 Å². The highest BCUT2D eigenvalue weighted by Crippen LogP contribution is 2.15. The second kappa shape index (κ2) is 6.03. The summed E-state index contributed by atoms with van der Waals surface area (Å²) >= 11 is 0. The summed E-state index contributed by atoms with van der Waals surface area (Å²) in [7, 11) is 0. The second-order valence-corrected chi connectivity index (χ2v) is 3.14. The van der Waals surface area contributed by atoms with Crippen LogP contribution in [0.15, 0.2) is 24.3 Å². The summed E-state index contributed by atoms with van der Waals surface area (Å²) < 4.78 is 4.99. The molecule has 4 heteroatoms. The maximum atomic E-state index is 11.5. The molecule has 81 valence electrons. The zero-order valence-electron chi connectivity index (χ0n) is 8.66. The van der Waals surface area contributed by atoms with Gasteiger partial charge in [-0.15, -0.1) is 0 Å². The molecule has 4 nitrogen and oxygen atoms in total. The Kier molecular flexibility index (Phi) is 4.63. The van der Waals surface area contributed by atoms with Crippen molar-refractivity contribution in [3.8, 4) is 0 Å². The summed E-state index contributed by atoms with van der Waals surface area (Å²) in [5.74, 6) is -0.456. The Hall–Kier alpha value is -1.55. The minimum absolute atomic E-state index is 0.249. The topological polar surface area (TPSA) is 58.2 Å². The maximum absolute atomic E-state index is 11.5. The van der Waals surface area contributed by atoms with Gasteiger partial charge in [-0.3, -0.25) is 0 Å². The van der Waals surface area contributed by atoms with Crippen LogP contribution in [0.3, 0.4) is 0 Å². The zero-order chi connectivity index (χ0) is 11.1. The molecule has 0 aromatic heterocycles. The van der Waals surface area contributed by atoms with Crippen LogP contribution in [-0.4, -0.2) is 12.6 Å². The van der Waals surface area contributed by atoms with Crippen molar-refractivity contribution in [2.24, 2.45) is 0 Å². The molecule has 0 saturated heterocycles. The minimum Gasteiger partial charge on any atom is -0.462 e. The molecule has 0 aliphatic rings. The first kappa shape index (κ1) is 11.5. The van der Waals surface area contributed by atoms with Crippen LogP contribution >= 0.6 is 0 Å². The van der Waals surface area contributed by atoms with Gasteiger partial charge in [0.2, 0.25) is 0 Å².